The van der Waals surface area contributed by atoms with E-state index in [0.717, 1.165) is 42.5 Å². The van der Waals surface area contributed by atoms with Crippen LogP contribution in [0, 0.1) is 5.92 Å². The summed E-state index contributed by atoms with van der Waals surface area (Å²) in [6, 6.07) is 7.66. The maximum absolute atomic E-state index is 12.0. The number of imidazole rings is 1. The van der Waals surface area contributed by atoms with E-state index >= 15 is 0 Å². The quantitative estimate of drug-likeness (QED) is 0.707. The van der Waals surface area contributed by atoms with E-state index in [1.165, 1.54) is 0 Å². The Balaban J connectivity index is 2.07. The van der Waals surface area contributed by atoms with Crippen molar-refractivity contribution in [1.29, 1.82) is 0 Å². The fourth-order valence-electron chi connectivity index (χ4n) is 3.15. The Bertz CT molecular complexity index is 732. The lowest BCUT2D eigenvalue weighted by molar-refractivity contribution is -0.125. The number of aryl methyl sites for hydroxylation is 1. The van der Waals surface area contributed by atoms with Gasteiger partial charge in [-0.25, -0.2) is 4.98 Å². The summed E-state index contributed by atoms with van der Waals surface area (Å²) in [5.74, 6) is 1.25. The summed E-state index contributed by atoms with van der Waals surface area (Å²) in [6.45, 7) is 8.24. The molecule has 0 bridgehead atoms. The maximum atomic E-state index is 12.0. The third-order valence-electron chi connectivity index (χ3n) is 4.88. The van der Waals surface area contributed by atoms with Crippen LogP contribution in [0.5, 0.6) is 0 Å². The summed E-state index contributed by atoms with van der Waals surface area (Å²) in [5, 5.41) is 3.02. The second-order valence-corrected chi connectivity index (χ2v) is 6.58. The van der Waals surface area contributed by atoms with E-state index in [2.05, 4.69) is 5.32 Å². The molecule has 0 saturated carbocycles. The third kappa shape index (κ3) is 4.47. The number of carbonyl (C=O) groups excluding carboxylic acids is 2. The number of rotatable bonds is 9. The topological polar surface area (TPSA) is 64.0 Å². The van der Waals surface area contributed by atoms with Gasteiger partial charge in [0.05, 0.1) is 17.1 Å². The Morgan fingerprint density at radius 3 is 2.52 bits per heavy atom. The van der Waals surface area contributed by atoms with Crippen LogP contribution in [-0.4, -0.2) is 27.8 Å². The molecule has 25 heavy (non-hydrogen) atoms. The summed E-state index contributed by atoms with van der Waals surface area (Å²) in [6.07, 6.45) is 3.28. The highest BCUT2D eigenvalue weighted by Gasteiger charge is 2.18. The van der Waals surface area contributed by atoms with Crippen LogP contribution in [0.3, 0.4) is 0 Å². The van der Waals surface area contributed by atoms with E-state index in [-0.39, 0.29) is 23.7 Å². The molecular weight excluding hydrogens is 314 g/mol. The van der Waals surface area contributed by atoms with Gasteiger partial charge in [0, 0.05) is 18.9 Å². The number of carbonyl (C=O) groups is 2. The normalized spacial score (nSPS) is 12.5. The molecule has 136 valence electrons. The number of hydrogen-bond acceptors (Lipinski definition) is 3. The molecule has 1 aromatic carbocycles. The number of ketones is 1. The number of benzene rings is 1. The first-order valence-electron chi connectivity index (χ1n) is 9.23. The van der Waals surface area contributed by atoms with Crippen molar-refractivity contribution in [3.8, 4) is 0 Å². The van der Waals surface area contributed by atoms with Gasteiger partial charge in [-0.05, 0) is 45.2 Å². The van der Waals surface area contributed by atoms with Crippen molar-refractivity contribution in [3.05, 3.63) is 30.1 Å². The smallest absolute Gasteiger partial charge is 0.223 e. The Labute approximate surface area is 149 Å². The van der Waals surface area contributed by atoms with Gasteiger partial charge in [-0.1, -0.05) is 26.0 Å². The van der Waals surface area contributed by atoms with Crippen LogP contribution in [0.1, 0.15) is 58.8 Å². The lowest BCUT2D eigenvalue weighted by atomic mass is 10.0. The minimum Gasteiger partial charge on any atom is -0.356 e. The van der Waals surface area contributed by atoms with E-state index in [0.29, 0.717) is 6.54 Å². The number of Topliss-reactive ketones (excluding diaryl/α,β-unsaturated/α-hetero) is 1. The summed E-state index contributed by atoms with van der Waals surface area (Å²) in [7, 11) is 0. The lowest BCUT2D eigenvalue weighted by Crippen LogP contribution is -2.31. The maximum Gasteiger partial charge on any atom is 0.223 e. The Kier molecular flexibility index (Phi) is 6.73. The fourth-order valence-corrected chi connectivity index (χ4v) is 3.15. The standard InChI is InChI=1S/C20H29N3O2/c1-5-16(6-2)20(25)21-13-9-12-19-22-17-10-7-8-11-18(17)23(19)14(3)15(4)24/h7-8,10-11,14,16H,5-6,9,12-13H2,1-4H3,(H,21,25). The van der Waals surface area contributed by atoms with E-state index in [1.54, 1.807) is 6.92 Å². The molecule has 0 fully saturated rings. The zero-order chi connectivity index (χ0) is 18.4. The molecule has 1 aromatic heterocycles. The van der Waals surface area contributed by atoms with Crippen molar-refractivity contribution in [2.75, 3.05) is 6.54 Å². The number of aromatic nitrogens is 2. The van der Waals surface area contributed by atoms with Gasteiger partial charge < -0.3 is 9.88 Å². The van der Waals surface area contributed by atoms with Gasteiger partial charge >= 0.3 is 0 Å². The number of amides is 1. The summed E-state index contributed by atoms with van der Waals surface area (Å²) < 4.78 is 2.03. The zero-order valence-corrected chi connectivity index (χ0v) is 15.7. The van der Waals surface area contributed by atoms with E-state index in [9.17, 15) is 9.59 Å². The van der Waals surface area contributed by atoms with Crippen molar-refractivity contribution in [3.63, 3.8) is 0 Å². The van der Waals surface area contributed by atoms with Crippen LogP contribution >= 0.6 is 0 Å². The lowest BCUT2D eigenvalue weighted by Gasteiger charge is -2.15. The Morgan fingerprint density at radius 2 is 1.88 bits per heavy atom. The molecule has 0 saturated heterocycles. The molecule has 1 unspecified atom stereocenters. The minimum atomic E-state index is -0.235. The summed E-state index contributed by atoms with van der Waals surface area (Å²) >= 11 is 0. The molecule has 1 N–H and O–H groups in total. The highest BCUT2D eigenvalue weighted by atomic mass is 16.1. The first-order chi connectivity index (χ1) is 12.0. The number of hydrogen-bond donors (Lipinski definition) is 1. The number of nitrogens with one attached hydrogen (secondary N) is 1. The Hall–Kier alpha value is -2.17. The van der Waals surface area contributed by atoms with Gasteiger partial charge in [0.15, 0.2) is 5.78 Å². The molecule has 0 aliphatic rings. The molecule has 1 heterocycles. The molecule has 2 rings (SSSR count). The number of para-hydroxylation sites is 2. The van der Waals surface area contributed by atoms with Gasteiger partial charge in [-0.2, -0.15) is 0 Å². The number of nitrogens with zero attached hydrogens (tertiary/aromatic N) is 2. The second-order valence-electron chi connectivity index (χ2n) is 6.58. The van der Waals surface area contributed by atoms with Crippen molar-refractivity contribution in [2.45, 2.75) is 59.4 Å². The first-order valence-corrected chi connectivity index (χ1v) is 9.23. The summed E-state index contributed by atoms with van der Waals surface area (Å²) in [4.78, 5) is 28.6. The van der Waals surface area contributed by atoms with Crippen molar-refractivity contribution in [1.82, 2.24) is 14.9 Å². The van der Waals surface area contributed by atoms with Crippen LogP contribution in [-0.2, 0) is 16.0 Å². The summed E-state index contributed by atoms with van der Waals surface area (Å²) in [5.41, 5.74) is 1.90. The Morgan fingerprint density at radius 1 is 1.20 bits per heavy atom. The van der Waals surface area contributed by atoms with Gasteiger partial charge in [0.25, 0.3) is 0 Å². The average Bonchev–Trinajstić information content (AvgIpc) is 2.97. The fraction of sp³-hybridized carbons (Fsp3) is 0.550. The van der Waals surface area contributed by atoms with Crippen LogP contribution in [0.2, 0.25) is 0 Å². The molecule has 5 heteroatoms. The van der Waals surface area contributed by atoms with Crippen molar-refractivity contribution < 1.29 is 9.59 Å². The monoisotopic (exact) mass is 343 g/mol. The molecule has 5 nitrogen and oxygen atoms in total. The van der Waals surface area contributed by atoms with E-state index in [1.807, 2.05) is 49.6 Å². The molecule has 0 aliphatic carbocycles. The van der Waals surface area contributed by atoms with Gasteiger partial charge in [0.1, 0.15) is 5.82 Å². The second kappa shape index (κ2) is 8.79. The molecule has 0 aliphatic heterocycles. The molecular formula is C20H29N3O2. The van der Waals surface area contributed by atoms with Crippen LogP contribution in [0.15, 0.2) is 24.3 Å². The van der Waals surface area contributed by atoms with Crippen molar-refractivity contribution >= 4 is 22.7 Å². The zero-order valence-electron chi connectivity index (χ0n) is 15.7. The minimum absolute atomic E-state index is 0.0994. The van der Waals surface area contributed by atoms with Gasteiger partial charge in [-0.15, -0.1) is 0 Å². The predicted molar refractivity (Wildman–Crippen MR) is 101 cm³/mol. The van der Waals surface area contributed by atoms with Crippen molar-refractivity contribution in [2.24, 2.45) is 5.92 Å². The van der Waals surface area contributed by atoms with E-state index in [4.69, 9.17) is 4.98 Å². The molecule has 1 amide bonds. The van der Waals surface area contributed by atoms with E-state index < -0.39 is 0 Å². The third-order valence-corrected chi connectivity index (χ3v) is 4.88. The SMILES string of the molecule is CCC(CC)C(=O)NCCCc1nc2ccccc2n1C(C)C(C)=O. The van der Waals surface area contributed by atoms with Gasteiger partial charge in [-0.3, -0.25) is 9.59 Å². The molecule has 0 radical (unpaired) electrons. The molecule has 1 atom stereocenters. The molecule has 2 aromatic rings. The van der Waals surface area contributed by atoms with Gasteiger partial charge in [0.2, 0.25) is 5.91 Å². The van der Waals surface area contributed by atoms with Crippen LogP contribution in [0.4, 0.5) is 0 Å². The first kappa shape index (κ1) is 19.2. The highest BCUT2D eigenvalue weighted by molar-refractivity contribution is 5.84. The van der Waals surface area contributed by atoms with Crippen LogP contribution < -0.4 is 5.32 Å². The molecule has 0 spiro atoms. The highest BCUT2D eigenvalue weighted by Crippen LogP contribution is 2.22. The largest absolute Gasteiger partial charge is 0.356 e. The average molecular weight is 343 g/mol. The number of fused-ring (bicyclic) bond motifs is 1. The predicted octanol–water partition coefficient (Wildman–Crippen LogP) is 3.67. The van der Waals surface area contributed by atoms with Crippen LogP contribution in [0.25, 0.3) is 11.0 Å².